The van der Waals surface area contributed by atoms with E-state index in [2.05, 4.69) is 39.5 Å². The molecule has 0 aromatic carbocycles. The van der Waals surface area contributed by atoms with Gasteiger partial charge in [-0.3, -0.25) is 0 Å². The SMILES string of the molecule is C=CC(C)(C=CC1=C(C)CCCC1(C)C)OC(C)(C)OC. The summed E-state index contributed by atoms with van der Waals surface area (Å²) < 4.78 is 11.4. The van der Waals surface area contributed by atoms with Crippen molar-refractivity contribution in [3.8, 4) is 0 Å². The quantitative estimate of drug-likeness (QED) is 0.481. The van der Waals surface area contributed by atoms with Crippen LogP contribution in [0.25, 0.3) is 0 Å². The Hall–Kier alpha value is -0.860. The van der Waals surface area contributed by atoms with Crippen LogP contribution in [0.4, 0.5) is 0 Å². The molecule has 1 unspecified atom stereocenters. The average Bonchev–Trinajstić information content (AvgIpc) is 2.37. The largest absolute Gasteiger partial charge is 0.354 e. The molecule has 2 heteroatoms. The van der Waals surface area contributed by atoms with Crippen LogP contribution in [0.1, 0.15) is 60.8 Å². The van der Waals surface area contributed by atoms with Crippen molar-refractivity contribution in [1.82, 2.24) is 0 Å². The summed E-state index contributed by atoms with van der Waals surface area (Å²) in [5.74, 6) is -0.640. The molecule has 0 aromatic heterocycles. The fourth-order valence-electron chi connectivity index (χ4n) is 2.97. The summed E-state index contributed by atoms with van der Waals surface area (Å²) in [4.78, 5) is 0. The van der Waals surface area contributed by atoms with E-state index < -0.39 is 11.4 Å². The van der Waals surface area contributed by atoms with E-state index in [0.29, 0.717) is 0 Å². The number of allylic oxidation sites excluding steroid dienone is 3. The molecule has 0 aromatic rings. The highest BCUT2D eigenvalue weighted by Crippen LogP contribution is 2.41. The molecule has 0 bridgehead atoms. The maximum absolute atomic E-state index is 6.07. The van der Waals surface area contributed by atoms with Crippen molar-refractivity contribution < 1.29 is 9.47 Å². The van der Waals surface area contributed by atoms with Crippen molar-refractivity contribution >= 4 is 0 Å². The van der Waals surface area contributed by atoms with Crippen LogP contribution in [-0.4, -0.2) is 18.5 Å². The third kappa shape index (κ3) is 4.82. The van der Waals surface area contributed by atoms with Crippen LogP contribution in [0.15, 0.2) is 36.0 Å². The van der Waals surface area contributed by atoms with Crippen molar-refractivity contribution in [1.29, 1.82) is 0 Å². The first-order valence-electron chi connectivity index (χ1n) is 7.84. The minimum absolute atomic E-state index is 0.234. The smallest absolute Gasteiger partial charge is 0.163 e. The van der Waals surface area contributed by atoms with Gasteiger partial charge in [-0.1, -0.05) is 38.2 Å². The third-order valence-corrected chi connectivity index (χ3v) is 4.49. The van der Waals surface area contributed by atoms with Gasteiger partial charge >= 0.3 is 0 Å². The molecule has 1 atom stereocenters. The van der Waals surface area contributed by atoms with Crippen LogP contribution in [-0.2, 0) is 9.47 Å². The molecular weight excluding hydrogens is 260 g/mol. The van der Waals surface area contributed by atoms with E-state index in [0.717, 1.165) is 0 Å². The van der Waals surface area contributed by atoms with Crippen LogP contribution in [0, 0.1) is 5.41 Å². The van der Waals surface area contributed by atoms with Gasteiger partial charge in [0.05, 0.1) is 0 Å². The summed E-state index contributed by atoms with van der Waals surface area (Å²) in [7, 11) is 1.66. The Balaban J connectivity index is 3.02. The molecule has 0 fully saturated rings. The van der Waals surface area contributed by atoms with Crippen molar-refractivity contribution in [2.45, 2.75) is 72.2 Å². The molecule has 120 valence electrons. The maximum atomic E-state index is 6.07. The van der Waals surface area contributed by atoms with Crippen molar-refractivity contribution in [3.05, 3.63) is 36.0 Å². The first-order chi connectivity index (χ1) is 9.55. The summed E-state index contributed by atoms with van der Waals surface area (Å²) in [5.41, 5.74) is 2.61. The second-order valence-electron chi connectivity index (χ2n) is 7.36. The molecule has 0 saturated heterocycles. The monoisotopic (exact) mass is 292 g/mol. The number of rotatable bonds is 6. The Morgan fingerprint density at radius 1 is 1.24 bits per heavy atom. The van der Waals surface area contributed by atoms with Gasteiger partial charge in [0.25, 0.3) is 0 Å². The summed E-state index contributed by atoms with van der Waals surface area (Å²) in [6.07, 6.45) is 9.87. The highest BCUT2D eigenvalue weighted by molar-refractivity contribution is 5.34. The van der Waals surface area contributed by atoms with Gasteiger partial charge in [0.15, 0.2) is 5.79 Å². The van der Waals surface area contributed by atoms with E-state index >= 15 is 0 Å². The van der Waals surface area contributed by atoms with Gasteiger partial charge in [0, 0.05) is 7.11 Å². The summed E-state index contributed by atoms with van der Waals surface area (Å²) in [6.45, 7) is 16.6. The fraction of sp³-hybridized carbons (Fsp3) is 0.684. The Kier molecular flexibility index (Phi) is 5.63. The zero-order valence-electron chi connectivity index (χ0n) is 14.9. The second kappa shape index (κ2) is 6.50. The molecule has 21 heavy (non-hydrogen) atoms. The van der Waals surface area contributed by atoms with Gasteiger partial charge in [0.2, 0.25) is 0 Å². The Bertz CT molecular complexity index is 440. The lowest BCUT2D eigenvalue weighted by atomic mass is 9.72. The van der Waals surface area contributed by atoms with Gasteiger partial charge in [0.1, 0.15) is 5.60 Å². The first kappa shape index (κ1) is 18.2. The van der Waals surface area contributed by atoms with Gasteiger partial charge in [-0.15, -0.1) is 0 Å². The first-order valence-corrected chi connectivity index (χ1v) is 7.84. The summed E-state index contributed by atoms with van der Waals surface area (Å²) in [5, 5.41) is 0. The molecular formula is C19H32O2. The molecule has 2 nitrogen and oxygen atoms in total. The number of hydrogen-bond donors (Lipinski definition) is 0. The molecule has 0 aliphatic heterocycles. The molecule has 1 aliphatic rings. The van der Waals surface area contributed by atoms with Crippen LogP contribution in [0.5, 0.6) is 0 Å². The standard InChI is InChI=1S/C19H32O2/c1-9-19(7,21-18(5,6)20-8)14-12-16-15(2)11-10-13-17(16,3)4/h9,12,14H,1,10-11,13H2,2-8H3. The average molecular weight is 292 g/mol. The number of ether oxygens (including phenoxy) is 2. The van der Waals surface area contributed by atoms with E-state index in [1.54, 1.807) is 7.11 Å². The summed E-state index contributed by atoms with van der Waals surface area (Å²) >= 11 is 0. The summed E-state index contributed by atoms with van der Waals surface area (Å²) in [6, 6.07) is 0. The van der Waals surface area contributed by atoms with Crippen molar-refractivity contribution in [2.75, 3.05) is 7.11 Å². The lowest BCUT2D eigenvalue weighted by molar-refractivity contribution is -0.229. The van der Waals surface area contributed by atoms with E-state index in [4.69, 9.17) is 9.47 Å². The normalized spacial score (nSPS) is 22.4. The molecule has 1 aliphatic carbocycles. The van der Waals surface area contributed by atoms with Gasteiger partial charge in [-0.25, -0.2) is 0 Å². The molecule has 0 spiro atoms. The predicted molar refractivity (Wildman–Crippen MR) is 90.2 cm³/mol. The molecule has 0 amide bonds. The van der Waals surface area contributed by atoms with E-state index in [1.807, 2.05) is 26.8 Å². The van der Waals surface area contributed by atoms with Crippen LogP contribution < -0.4 is 0 Å². The minimum Gasteiger partial charge on any atom is -0.354 e. The molecule has 0 N–H and O–H groups in total. The molecule has 0 radical (unpaired) electrons. The molecule has 0 heterocycles. The van der Waals surface area contributed by atoms with Crippen molar-refractivity contribution in [3.63, 3.8) is 0 Å². The van der Waals surface area contributed by atoms with Crippen LogP contribution in [0.2, 0.25) is 0 Å². The Labute approximate surface area is 130 Å². The minimum atomic E-state index is -0.640. The number of hydrogen-bond acceptors (Lipinski definition) is 2. The molecule has 0 saturated carbocycles. The third-order valence-electron chi connectivity index (χ3n) is 4.49. The fourth-order valence-corrected chi connectivity index (χ4v) is 2.97. The lowest BCUT2D eigenvalue weighted by Crippen LogP contribution is -2.37. The Morgan fingerprint density at radius 3 is 2.33 bits per heavy atom. The van der Waals surface area contributed by atoms with Gasteiger partial charge in [-0.2, -0.15) is 0 Å². The van der Waals surface area contributed by atoms with E-state index in [1.165, 1.54) is 30.4 Å². The zero-order chi connectivity index (χ0) is 16.3. The van der Waals surface area contributed by atoms with Crippen LogP contribution >= 0.6 is 0 Å². The topological polar surface area (TPSA) is 18.5 Å². The highest BCUT2D eigenvalue weighted by atomic mass is 16.7. The van der Waals surface area contributed by atoms with Crippen molar-refractivity contribution in [2.24, 2.45) is 5.41 Å². The predicted octanol–water partition coefficient (Wildman–Crippen LogP) is 5.41. The highest BCUT2D eigenvalue weighted by Gasteiger charge is 2.30. The van der Waals surface area contributed by atoms with Crippen LogP contribution in [0.3, 0.4) is 0 Å². The van der Waals surface area contributed by atoms with Gasteiger partial charge in [-0.05, 0) is 64.0 Å². The van der Waals surface area contributed by atoms with E-state index in [-0.39, 0.29) is 5.41 Å². The lowest BCUT2D eigenvalue weighted by Gasteiger charge is -2.35. The van der Waals surface area contributed by atoms with E-state index in [9.17, 15) is 0 Å². The maximum Gasteiger partial charge on any atom is 0.163 e. The zero-order valence-corrected chi connectivity index (χ0v) is 14.9. The second-order valence-corrected chi connectivity index (χ2v) is 7.36. The number of methoxy groups -OCH3 is 1. The van der Waals surface area contributed by atoms with Gasteiger partial charge < -0.3 is 9.47 Å². The molecule has 1 rings (SSSR count). The Morgan fingerprint density at radius 2 is 1.86 bits per heavy atom.